The largest absolute Gasteiger partial charge is 0.506 e. The lowest BCUT2D eigenvalue weighted by Gasteiger charge is -2.18. The predicted octanol–water partition coefficient (Wildman–Crippen LogP) is 5.18. The standard InChI is InChI=1S/C27H28FN3O6/c1-5-6-8-18-22(23-19(34-3)9-7-10-20(23)35-4)25(32)24(26(33)29-18)27-31-30-21(37-27)14-36-16-12-11-15(2)17(28)13-16/h7,9-13H,5-6,8,14H2,1-4H3,(H2,29,32,33). The number of aromatic amines is 1. The smallest absolute Gasteiger partial charge is 0.264 e. The van der Waals surface area contributed by atoms with Gasteiger partial charge in [-0.15, -0.1) is 10.2 Å². The SMILES string of the molecule is CCCCc1[nH]c(=O)c(-c2nnc(COc3ccc(C)c(F)c3)o2)c(O)c1-c1c(OC)cccc1OC. The van der Waals surface area contributed by atoms with Crippen molar-refractivity contribution < 1.29 is 28.1 Å². The van der Waals surface area contributed by atoms with Crippen LogP contribution in [0.1, 0.15) is 36.9 Å². The molecule has 0 saturated heterocycles. The van der Waals surface area contributed by atoms with Gasteiger partial charge >= 0.3 is 0 Å². The molecule has 0 aliphatic heterocycles. The van der Waals surface area contributed by atoms with Gasteiger partial charge in [-0.3, -0.25) is 4.79 Å². The van der Waals surface area contributed by atoms with Gasteiger partial charge in [0.05, 0.1) is 25.3 Å². The van der Waals surface area contributed by atoms with Crippen LogP contribution in [-0.4, -0.2) is 34.5 Å². The molecule has 2 aromatic heterocycles. The van der Waals surface area contributed by atoms with Crippen LogP contribution in [0.25, 0.3) is 22.6 Å². The Balaban J connectivity index is 1.77. The van der Waals surface area contributed by atoms with E-state index in [0.717, 1.165) is 12.8 Å². The summed E-state index contributed by atoms with van der Waals surface area (Å²) in [4.78, 5) is 16.0. The Kier molecular flexibility index (Phi) is 7.76. The van der Waals surface area contributed by atoms with E-state index >= 15 is 0 Å². The number of rotatable bonds is 10. The summed E-state index contributed by atoms with van der Waals surface area (Å²) in [5.41, 5.74) is 1.08. The molecule has 2 N–H and O–H groups in total. The van der Waals surface area contributed by atoms with Crippen LogP contribution in [0.3, 0.4) is 0 Å². The molecule has 0 aliphatic carbocycles. The van der Waals surface area contributed by atoms with Gasteiger partial charge in [-0.1, -0.05) is 25.5 Å². The molecule has 2 aromatic carbocycles. The second kappa shape index (κ2) is 11.2. The van der Waals surface area contributed by atoms with Crippen molar-refractivity contribution in [2.75, 3.05) is 14.2 Å². The molecule has 0 aliphatic rings. The van der Waals surface area contributed by atoms with E-state index in [4.69, 9.17) is 18.6 Å². The zero-order valence-corrected chi connectivity index (χ0v) is 21.1. The van der Waals surface area contributed by atoms with Crippen molar-refractivity contribution in [2.24, 2.45) is 0 Å². The van der Waals surface area contributed by atoms with Crippen LogP contribution in [-0.2, 0) is 13.0 Å². The fourth-order valence-electron chi connectivity index (χ4n) is 3.97. The highest BCUT2D eigenvalue weighted by Gasteiger charge is 2.27. The number of unbranched alkanes of at least 4 members (excludes halogenated alkanes) is 1. The van der Waals surface area contributed by atoms with Gasteiger partial charge in [-0.05, 0) is 43.5 Å². The summed E-state index contributed by atoms with van der Waals surface area (Å²) >= 11 is 0. The molecule has 10 heteroatoms. The lowest BCUT2D eigenvalue weighted by atomic mass is 9.96. The minimum Gasteiger partial charge on any atom is -0.506 e. The predicted molar refractivity (Wildman–Crippen MR) is 135 cm³/mol. The number of H-pyrrole nitrogens is 1. The molecule has 194 valence electrons. The molecule has 37 heavy (non-hydrogen) atoms. The van der Waals surface area contributed by atoms with Crippen molar-refractivity contribution in [3.05, 3.63) is 69.7 Å². The third-order valence-corrected chi connectivity index (χ3v) is 5.91. The van der Waals surface area contributed by atoms with Crippen LogP contribution >= 0.6 is 0 Å². The van der Waals surface area contributed by atoms with Crippen molar-refractivity contribution in [2.45, 2.75) is 39.7 Å². The number of halogens is 1. The maximum absolute atomic E-state index is 13.8. The zero-order valence-electron chi connectivity index (χ0n) is 21.1. The Morgan fingerprint density at radius 2 is 1.78 bits per heavy atom. The number of aromatic nitrogens is 3. The Hall–Kier alpha value is -4.34. The first-order valence-electron chi connectivity index (χ1n) is 11.8. The van der Waals surface area contributed by atoms with E-state index in [2.05, 4.69) is 15.2 Å². The van der Waals surface area contributed by atoms with E-state index in [9.17, 15) is 14.3 Å². The van der Waals surface area contributed by atoms with Crippen molar-refractivity contribution in [1.82, 2.24) is 15.2 Å². The quantitative estimate of drug-likeness (QED) is 0.300. The van der Waals surface area contributed by atoms with Gasteiger partial charge in [0.2, 0.25) is 0 Å². The van der Waals surface area contributed by atoms with Gasteiger partial charge in [0.25, 0.3) is 17.3 Å². The van der Waals surface area contributed by atoms with E-state index in [0.29, 0.717) is 40.3 Å². The number of hydrogen-bond donors (Lipinski definition) is 2. The monoisotopic (exact) mass is 509 g/mol. The fraction of sp³-hybridized carbons (Fsp3) is 0.296. The van der Waals surface area contributed by atoms with E-state index in [1.165, 1.54) is 20.3 Å². The third-order valence-electron chi connectivity index (χ3n) is 5.91. The lowest BCUT2D eigenvalue weighted by molar-refractivity contribution is 0.263. The number of ether oxygens (including phenoxy) is 3. The van der Waals surface area contributed by atoms with Crippen LogP contribution in [0, 0.1) is 12.7 Å². The van der Waals surface area contributed by atoms with Gasteiger partial charge in [-0.25, -0.2) is 4.39 Å². The summed E-state index contributed by atoms with van der Waals surface area (Å²) in [5, 5.41) is 19.3. The molecule has 4 aromatic rings. The molecular weight excluding hydrogens is 481 g/mol. The average molecular weight is 510 g/mol. The lowest BCUT2D eigenvalue weighted by Crippen LogP contribution is -2.14. The maximum Gasteiger partial charge on any atom is 0.264 e. The van der Waals surface area contributed by atoms with Crippen LogP contribution < -0.4 is 19.8 Å². The van der Waals surface area contributed by atoms with Crippen LogP contribution in [0.15, 0.2) is 45.6 Å². The normalized spacial score (nSPS) is 10.9. The van der Waals surface area contributed by atoms with Crippen molar-refractivity contribution in [3.63, 3.8) is 0 Å². The van der Waals surface area contributed by atoms with Crippen LogP contribution in [0.2, 0.25) is 0 Å². The van der Waals surface area contributed by atoms with Crippen LogP contribution in [0.5, 0.6) is 23.0 Å². The Bertz CT molecular complexity index is 1440. The number of aromatic hydroxyl groups is 1. The number of nitrogens with zero attached hydrogens (tertiary/aromatic N) is 2. The summed E-state index contributed by atoms with van der Waals surface area (Å²) in [7, 11) is 3.02. The molecule has 0 atom stereocenters. The number of aryl methyl sites for hydroxylation is 2. The number of pyridine rings is 1. The summed E-state index contributed by atoms with van der Waals surface area (Å²) in [5.74, 6) is 0.308. The molecule has 2 heterocycles. The molecule has 0 unspecified atom stereocenters. The molecule has 9 nitrogen and oxygen atoms in total. The highest BCUT2D eigenvalue weighted by Crippen LogP contribution is 2.46. The van der Waals surface area contributed by atoms with Crippen molar-refractivity contribution in [1.29, 1.82) is 0 Å². The van der Waals surface area contributed by atoms with Gasteiger partial charge < -0.3 is 28.7 Å². The third kappa shape index (κ3) is 5.28. The number of methoxy groups -OCH3 is 2. The summed E-state index contributed by atoms with van der Waals surface area (Å²) in [6, 6.07) is 9.71. The van der Waals surface area contributed by atoms with Gasteiger partial charge in [-0.2, -0.15) is 0 Å². The minimum atomic E-state index is -0.585. The van der Waals surface area contributed by atoms with E-state index in [-0.39, 0.29) is 35.5 Å². The summed E-state index contributed by atoms with van der Waals surface area (Å²) in [6.45, 7) is 3.52. The summed E-state index contributed by atoms with van der Waals surface area (Å²) in [6.07, 6.45) is 2.16. The molecule has 0 fully saturated rings. The fourth-order valence-corrected chi connectivity index (χ4v) is 3.97. The van der Waals surface area contributed by atoms with Gasteiger partial charge in [0.1, 0.15) is 34.4 Å². The highest BCUT2D eigenvalue weighted by atomic mass is 19.1. The molecule has 4 rings (SSSR count). The molecule has 0 bridgehead atoms. The number of hydrogen-bond acceptors (Lipinski definition) is 8. The van der Waals surface area contributed by atoms with Gasteiger partial charge in [0, 0.05) is 11.8 Å². The molecule has 0 saturated carbocycles. The van der Waals surface area contributed by atoms with Crippen molar-refractivity contribution >= 4 is 0 Å². The van der Waals surface area contributed by atoms with E-state index < -0.39 is 11.4 Å². The first-order valence-corrected chi connectivity index (χ1v) is 11.8. The Labute approximate surface area is 212 Å². The molecule has 0 radical (unpaired) electrons. The van der Waals surface area contributed by atoms with E-state index in [1.807, 2.05) is 6.92 Å². The number of benzene rings is 2. The highest BCUT2D eigenvalue weighted by molar-refractivity contribution is 5.86. The Morgan fingerprint density at radius 3 is 2.43 bits per heavy atom. The topological polar surface area (TPSA) is 120 Å². The zero-order chi connectivity index (χ0) is 26.5. The summed E-state index contributed by atoms with van der Waals surface area (Å²) < 4.78 is 36.1. The van der Waals surface area contributed by atoms with Gasteiger partial charge in [0.15, 0.2) is 6.61 Å². The Morgan fingerprint density at radius 1 is 1.05 bits per heavy atom. The van der Waals surface area contributed by atoms with Crippen molar-refractivity contribution in [3.8, 4) is 45.6 Å². The first kappa shape index (κ1) is 25.7. The molecule has 0 amide bonds. The second-order valence-electron chi connectivity index (χ2n) is 8.37. The minimum absolute atomic E-state index is 0.0428. The molecular formula is C27H28FN3O6. The average Bonchev–Trinajstić information content (AvgIpc) is 3.36. The maximum atomic E-state index is 13.8. The molecule has 0 spiro atoms. The van der Waals surface area contributed by atoms with Crippen LogP contribution in [0.4, 0.5) is 4.39 Å². The first-order chi connectivity index (χ1) is 17.9. The second-order valence-corrected chi connectivity index (χ2v) is 8.37. The van der Waals surface area contributed by atoms with E-state index in [1.54, 1.807) is 37.3 Å². The number of nitrogens with one attached hydrogen (secondary N) is 1.